The van der Waals surface area contributed by atoms with E-state index >= 15 is 0 Å². The van der Waals surface area contributed by atoms with Crippen molar-refractivity contribution in [3.8, 4) is 16.8 Å². The molecule has 146 valence electrons. The van der Waals surface area contributed by atoms with Gasteiger partial charge in [-0.1, -0.05) is 24.3 Å². The lowest BCUT2D eigenvalue weighted by Gasteiger charge is -2.08. The number of alkyl halides is 3. The van der Waals surface area contributed by atoms with Gasteiger partial charge in [0.1, 0.15) is 5.82 Å². The van der Waals surface area contributed by atoms with E-state index in [-0.39, 0.29) is 16.6 Å². The molecule has 1 aromatic heterocycles. The molecule has 0 saturated heterocycles. The Hall–Kier alpha value is -3.75. The maximum Gasteiger partial charge on any atom is 0.435 e. The highest BCUT2D eigenvalue weighted by molar-refractivity contribution is 5.98. The van der Waals surface area contributed by atoms with E-state index in [1.807, 2.05) is 0 Å². The molecule has 0 radical (unpaired) electrons. The summed E-state index contributed by atoms with van der Waals surface area (Å²) in [7, 11) is 0. The Bertz CT molecular complexity index is 1230. The van der Waals surface area contributed by atoms with Crippen LogP contribution in [0.15, 0.2) is 66.9 Å². The summed E-state index contributed by atoms with van der Waals surface area (Å²) in [5, 5.41) is 16.1. The van der Waals surface area contributed by atoms with E-state index in [0.29, 0.717) is 5.39 Å². The number of aromatic nitrogens is 2. The second kappa shape index (κ2) is 6.69. The fourth-order valence-corrected chi connectivity index (χ4v) is 3.18. The SMILES string of the molecule is O=[N+]([O-])c1c(-c2cn(-c3ccc(F)cc3)nc2C(F)(F)F)ccc2ccccc12. The minimum Gasteiger partial charge on any atom is -0.258 e. The van der Waals surface area contributed by atoms with Gasteiger partial charge in [-0.05, 0) is 41.8 Å². The van der Waals surface area contributed by atoms with Crippen LogP contribution in [-0.4, -0.2) is 14.7 Å². The molecule has 4 aromatic rings. The number of benzene rings is 3. The number of nitro groups is 1. The number of halogens is 4. The zero-order chi connectivity index (χ0) is 20.8. The average Bonchev–Trinajstić information content (AvgIpc) is 3.13. The molecular weight excluding hydrogens is 390 g/mol. The van der Waals surface area contributed by atoms with Crippen molar-refractivity contribution in [2.45, 2.75) is 6.18 Å². The summed E-state index contributed by atoms with van der Waals surface area (Å²) in [5.74, 6) is -0.553. The van der Waals surface area contributed by atoms with Gasteiger partial charge in [0, 0.05) is 11.8 Å². The first kappa shape index (κ1) is 18.6. The summed E-state index contributed by atoms with van der Waals surface area (Å²) < 4.78 is 55.1. The molecular formula is C20H11F4N3O2. The van der Waals surface area contributed by atoms with E-state index in [1.54, 1.807) is 18.2 Å². The van der Waals surface area contributed by atoms with Gasteiger partial charge >= 0.3 is 6.18 Å². The van der Waals surface area contributed by atoms with Gasteiger partial charge in [0.15, 0.2) is 5.69 Å². The summed E-state index contributed by atoms with van der Waals surface area (Å²) in [5.41, 5.74) is -2.15. The Morgan fingerprint density at radius 1 is 0.931 bits per heavy atom. The van der Waals surface area contributed by atoms with E-state index < -0.39 is 33.9 Å². The third kappa shape index (κ3) is 3.31. The smallest absolute Gasteiger partial charge is 0.258 e. The van der Waals surface area contributed by atoms with Gasteiger partial charge in [0.25, 0.3) is 5.69 Å². The zero-order valence-corrected chi connectivity index (χ0v) is 14.5. The quantitative estimate of drug-likeness (QED) is 0.249. The van der Waals surface area contributed by atoms with Crippen LogP contribution in [0.5, 0.6) is 0 Å². The summed E-state index contributed by atoms with van der Waals surface area (Å²) >= 11 is 0. The van der Waals surface area contributed by atoms with Crippen molar-refractivity contribution in [1.82, 2.24) is 9.78 Å². The maximum absolute atomic E-state index is 13.7. The molecule has 0 aliphatic carbocycles. The van der Waals surface area contributed by atoms with Crippen LogP contribution in [-0.2, 0) is 6.18 Å². The third-order valence-corrected chi connectivity index (χ3v) is 4.45. The van der Waals surface area contributed by atoms with Crippen molar-refractivity contribution in [2.75, 3.05) is 0 Å². The van der Waals surface area contributed by atoms with Crippen LogP contribution in [0.25, 0.3) is 27.6 Å². The molecule has 0 saturated carbocycles. The largest absolute Gasteiger partial charge is 0.435 e. The van der Waals surface area contributed by atoms with Crippen LogP contribution in [0.3, 0.4) is 0 Å². The van der Waals surface area contributed by atoms with Gasteiger partial charge in [0.05, 0.1) is 21.6 Å². The van der Waals surface area contributed by atoms with Crippen LogP contribution in [0, 0.1) is 15.9 Å². The molecule has 9 heteroatoms. The number of hydrogen-bond acceptors (Lipinski definition) is 3. The highest BCUT2D eigenvalue weighted by Gasteiger charge is 2.39. The fourth-order valence-electron chi connectivity index (χ4n) is 3.18. The molecule has 0 aliphatic heterocycles. The van der Waals surface area contributed by atoms with Crippen molar-refractivity contribution in [2.24, 2.45) is 0 Å². The van der Waals surface area contributed by atoms with E-state index in [2.05, 4.69) is 5.10 Å². The summed E-state index contributed by atoms with van der Waals surface area (Å²) in [6.07, 6.45) is -3.78. The lowest BCUT2D eigenvalue weighted by molar-refractivity contribution is -0.382. The topological polar surface area (TPSA) is 61.0 Å². The number of nitro benzene ring substituents is 1. The minimum atomic E-state index is -4.85. The van der Waals surface area contributed by atoms with E-state index in [1.165, 1.54) is 30.3 Å². The Balaban J connectivity index is 2.01. The monoisotopic (exact) mass is 401 g/mol. The van der Waals surface area contributed by atoms with Crippen molar-refractivity contribution >= 4 is 16.5 Å². The molecule has 29 heavy (non-hydrogen) atoms. The number of fused-ring (bicyclic) bond motifs is 1. The first-order valence-electron chi connectivity index (χ1n) is 8.35. The number of nitrogens with zero attached hydrogens (tertiary/aromatic N) is 3. The highest BCUT2D eigenvalue weighted by Crippen LogP contribution is 2.42. The first-order valence-corrected chi connectivity index (χ1v) is 8.35. The van der Waals surface area contributed by atoms with Gasteiger partial charge in [-0.3, -0.25) is 10.1 Å². The fraction of sp³-hybridized carbons (Fsp3) is 0.0500. The molecule has 1 heterocycles. The Morgan fingerprint density at radius 3 is 2.28 bits per heavy atom. The molecule has 5 nitrogen and oxygen atoms in total. The van der Waals surface area contributed by atoms with E-state index in [0.717, 1.165) is 23.0 Å². The van der Waals surface area contributed by atoms with Crippen LogP contribution >= 0.6 is 0 Å². The molecule has 0 N–H and O–H groups in total. The van der Waals surface area contributed by atoms with Gasteiger partial charge < -0.3 is 0 Å². The summed E-state index contributed by atoms with van der Waals surface area (Å²) in [4.78, 5) is 11.0. The van der Waals surface area contributed by atoms with Crippen LogP contribution in [0.4, 0.5) is 23.2 Å². The Morgan fingerprint density at radius 2 is 1.62 bits per heavy atom. The Kier molecular flexibility index (Phi) is 4.30. The van der Waals surface area contributed by atoms with Gasteiger partial charge in [-0.2, -0.15) is 18.3 Å². The number of rotatable bonds is 3. The third-order valence-electron chi connectivity index (χ3n) is 4.45. The highest BCUT2D eigenvalue weighted by atomic mass is 19.4. The average molecular weight is 401 g/mol. The number of hydrogen-bond donors (Lipinski definition) is 0. The predicted octanol–water partition coefficient (Wildman–Crippen LogP) is 5.76. The molecule has 0 fully saturated rings. The maximum atomic E-state index is 13.7. The molecule has 0 unspecified atom stereocenters. The van der Waals surface area contributed by atoms with Crippen LogP contribution in [0.2, 0.25) is 0 Å². The standard InChI is InChI=1S/C20H11F4N3O2/c21-13-6-8-14(9-7-13)26-11-17(19(25-26)20(22,23)24)16-10-5-12-3-1-2-4-15(12)18(16)27(28)29/h1-11H. The van der Waals surface area contributed by atoms with E-state index in [9.17, 15) is 27.7 Å². The van der Waals surface area contributed by atoms with Gasteiger partial charge in [-0.15, -0.1) is 0 Å². The van der Waals surface area contributed by atoms with Crippen LogP contribution in [0.1, 0.15) is 5.69 Å². The molecule has 0 atom stereocenters. The minimum absolute atomic E-state index is 0.187. The lowest BCUT2D eigenvalue weighted by atomic mass is 9.98. The summed E-state index contributed by atoms with van der Waals surface area (Å²) in [6, 6.07) is 13.9. The van der Waals surface area contributed by atoms with Gasteiger partial charge in [-0.25, -0.2) is 9.07 Å². The molecule has 3 aromatic carbocycles. The second-order valence-electron chi connectivity index (χ2n) is 6.25. The van der Waals surface area contributed by atoms with Crippen molar-refractivity contribution in [3.63, 3.8) is 0 Å². The summed E-state index contributed by atoms with van der Waals surface area (Å²) in [6.45, 7) is 0. The molecule has 0 amide bonds. The molecule has 0 bridgehead atoms. The van der Waals surface area contributed by atoms with Gasteiger partial charge in [0.2, 0.25) is 0 Å². The van der Waals surface area contributed by atoms with Crippen molar-refractivity contribution < 1.29 is 22.5 Å². The van der Waals surface area contributed by atoms with Crippen molar-refractivity contribution in [1.29, 1.82) is 0 Å². The lowest BCUT2D eigenvalue weighted by Crippen LogP contribution is -2.09. The molecule has 4 rings (SSSR count). The first-order chi connectivity index (χ1) is 13.8. The predicted molar refractivity (Wildman–Crippen MR) is 98.1 cm³/mol. The van der Waals surface area contributed by atoms with Crippen LogP contribution < -0.4 is 0 Å². The van der Waals surface area contributed by atoms with Crippen molar-refractivity contribution in [3.05, 3.63) is 88.5 Å². The molecule has 0 aliphatic rings. The zero-order valence-electron chi connectivity index (χ0n) is 14.5. The Labute approximate surface area is 161 Å². The molecule has 0 spiro atoms. The van der Waals surface area contributed by atoms with E-state index in [4.69, 9.17) is 0 Å². The normalized spacial score (nSPS) is 11.7. The second-order valence-corrected chi connectivity index (χ2v) is 6.25.